The van der Waals surface area contributed by atoms with Gasteiger partial charge < -0.3 is 9.47 Å². The monoisotopic (exact) mass is 788 g/mol. The van der Waals surface area contributed by atoms with E-state index in [1.807, 2.05) is 0 Å². The van der Waals surface area contributed by atoms with Gasteiger partial charge in [-0.15, -0.1) is 0 Å². The summed E-state index contributed by atoms with van der Waals surface area (Å²) in [5.74, 6) is 0. The first-order valence-corrected chi connectivity index (χ1v) is 21.3. The average molecular weight is 789 g/mol. The molecule has 1 aliphatic carbocycles. The van der Waals surface area contributed by atoms with Crippen molar-refractivity contribution in [1.82, 2.24) is 4.57 Å². The van der Waals surface area contributed by atoms with E-state index in [4.69, 9.17) is 0 Å². The Morgan fingerprint density at radius 2 is 0.661 bits per heavy atom. The summed E-state index contributed by atoms with van der Waals surface area (Å²) in [6.07, 6.45) is 0. The minimum Gasteiger partial charge on any atom is -0.311 e. The number of nitrogens with zero attached hydrogens (tertiary/aromatic N) is 2. The van der Waals surface area contributed by atoms with Gasteiger partial charge in [0.1, 0.15) is 0 Å². The lowest BCUT2D eigenvalue weighted by Crippen LogP contribution is -2.10. The molecule has 62 heavy (non-hydrogen) atoms. The Bertz CT molecular complexity index is 3320. The predicted molar refractivity (Wildman–Crippen MR) is 262 cm³/mol. The predicted octanol–water partition coefficient (Wildman–Crippen LogP) is 16.6. The van der Waals surface area contributed by atoms with Gasteiger partial charge in [-0.3, -0.25) is 0 Å². The Hall–Kier alpha value is -8.20. The number of benzene rings is 10. The molecule has 11 aromatic rings. The van der Waals surface area contributed by atoms with Gasteiger partial charge in [-0.25, -0.2) is 0 Å². The van der Waals surface area contributed by atoms with Crippen LogP contribution in [0.2, 0.25) is 0 Å². The molecular weight excluding hydrogens is 749 g/mol. The summed E-state index contributed by atoms with van der Waals surface area (Å²) in [7, 11) is 0. The Morgan fingerprint density at radius 1 is 0.258 bits per heavy atom. The van der Waals surface area contributed by atoms with E-state index in [0.717, 1.165) is 17.1 Å². The molecule has 0 saturated carbocycles. The second-order valence-corrected chi connectivity index (χ2v) is 16.1. The molecule has 1 heterocycles. The van der Waals surface area contributed by atoms with Crippen molar-refractivity contribution < 1.29 is 0 Å². The topological polar surface area (TPSA) is 8.17 Å². The van der Waals surface area contributed by atoms with Crippen LogP contribution in [0.15, 0.2) is 243 Å². The molecule has 0 unspecified atom stereocenters. The largest absolute Gasteiger partial charge is 0.311 e. The van der Waals surface area contributed by atoms with Crippen molar-refractivity contribution in [3.63, 3.8) is 0 Å². The van der Waals surface area contributed by atoms with Gasteiger partial charge in [-0.05, 0) is 133 Å². The average Bonchev–Trinajstić information content (AvgIpc) is 3.68. The highest BCUT2D eigenvalue weighted by molar-refractivity contribution is 6.15. The summed E-state index contributed by atoms with van der Waals surface area (Å²) >= 11 is 0. The number of hydrogen-bond donors (Lipinski definition) is 0. The second-order valence-electron chi connectivity index (χ2n) is 16.1. The normalized spacial score (nSPS) is 11.5. The van der Waals surface area contributed by atoms with Gasteiger partial charge in [0, 0.05) is 33.5 Å². The Morgan fingerprint density at radius 3 is 1.21 bits per heavy atom. The number of hydrogen-bond acceptors (Lipinski definition) is 1. The van der Waals surface area contributed by atoms with Crippen LogP contribution in [-0.2, 0) is 0 Å². The third-order valence-corrected chi connectivity index (χ3v) is 12.6. The lowest BCUT2D eigenvalue weighted by Gasteiger charge is -2.30. The molecule has 1 aromatic heterocycles. The SMILES string of the molecule is c1ccc(-c2ccc(N(c3ccc(-c4ccccc4)cc3)c3ccc(-c4cccc5c4-c4c(-c6ccc7c(c6)c6ccccc6n7-c6ccccc6)cccc4-5)cc3)cc2)cc1. The standard InChI is InChI=1S/C60H40N2/c1-4-14-41(15-5-1)43-26-33-48(34-27-43)61(49-35-28-44(29-36-49)42-16-6-2-7-17-42)50-37-30-45(31-38-50)51-21-12-23-54-55-24-13-22-52(60(55)59(51)54)46-32-39-58-56(40-46)53-20-10-11-25-57(53)62(58)47-18-8-3-9-19-47/h1-40H. The van der Waals surface area contributed by atoms with Crippen LogP contribution in [0.3, 0.4) is 0 Å². The van der Waals surface area contributed by atoms with Crippen molar-refractivity contribution >= 4 is 38.9 Å². The van der Waals surface area contributed by atoms with Crippen LogP contribution in [0, 0.1) is 0 Å². The number of para-hydroxylation sites is 2. The molecule has 12 rings (SSSR count). The Kier molecular flexibility index (Phi) is 8.53. The lowest BCUT2D eigenvalue weighted by atomic mass is 9.73. The van der Waals surface area contributed by atoms with E-state index in [2.05, 4.69) is 252 Å². The van der Waals surface area contributed by atoms with Crippen molar-refractivity contribution in [1.29, 1.82) is 0 Å². The zero-order valence-corrected chi connectivity index (χ0v) is 34.0. The summed E-state index contributed by atoms with van der Waals surface area (Å²) in [5, 5.41) is 2.52. The highest BCUT2D eigenvalue weighted by Crippen LogP contribution is 2.56. The number of fused-ring (bicyclic) bond motifs is 7. The van der Waals surface area contributed by atoms with Crippen molar-refractivity contribution in [3.05, 3.63) is 243 Å². The van der Waals surface area contributed by atoms with Crippen molar-refractivity contribution in [2.75, 3.05) is 4.90 Å². The molecule has 0 radical (unpaired) electrons. The third kappa shape index (κ3) is 5.96. The molecule has 0 N–H and O–H groups in total. The number of aromatic nitrogens is 1. The van der Waals surface area contributed by atoms with Crippen LogP contribution in [0.5, 0.6) is 0 Å². The molecule has 0 spiro atoms. The van der Waals surface area contributed by atoms with Gasteiger partial charge in [-0.1, -0.05) is 176 Å². The van der Waals surface area contributed by atoms with Crippen LogP contribution >= 0.6 is 0 Å². The summed E-state index contributed by atoms with van der Waals surface area (Å²) in [6, 6.07) is 88.1. The highest BCUT2D eigenvalue weighted by Gasteiger charge is 2.29. The van der Waals surface area contributed by atoms with Crippen LogP contribution < -0.4 is 4.90 Å². The molecule has 0 saturated heterocycles. The van der Waals surface area contributed by atoms with E-state index in [1.54, 1.807) is 0 Å². The number of anilines is 3. The third-order valence-electron chi connectivity index (χ3n) is 12.6. The summed E-state index contributed by atoms with van der Waals surface area (Å²) in [5.41, 5.74) is 22.0. The molecule has 290 valence electrons. The summed E-state index contributed by atoms with van der Waals surface area (Å²) in [4.78, 5) is 2.36. The van der Waals surface area contributed by atoms with Crippen LogP contribution in [0.25, 0.3) is 94.3 Å². The highest BCUT2D eigenvalue weighted by atomic mass is 15.1. The fourth-order valence-corrected chi connectivity index (χ4v) is 9.61. The Labute approximate surface area is 361 Å². The first-order chi connectivity index (χ1) is 30.8. The molecule has 0 bridgehead atoms. The van der Waals surface area contributed by atoms with Gasteiger partial charge in [0.15, 0.2) is 0 Å². The molecule has 0 atom stereocenters. The van der Waals surface area contributed by atoms with Gasteiger partial charge in [0.05, 0.1) is 11.0 Å². The maximum Gasteiger partial charge on any atom is 0.0541 e. The zero-order valence-electron chi connectivity index (χ0n) is 34.0. The molecule has 2 heteroatoms. The second kappa shape index (κ2) is 14.8. The van der Waals surface area contributed by atoms with Gasteiger partial charge in [-0.2, -0.15) is 0 Å². The molecule has 0 amide bonds. The molecule has 1 aliphatic rings. The van der Waals surface area contributed by atoms with E-state index in [1.165, 1.54) is 94.3 Å². The van der Waals surface area contributed by atoms with E-state index in [9.17, 15) is 0 Å². The first-order valence-electron chi connectivity index (χ1n) is 21.3. The maximum absolute atomic E-state index is 2.40. The zero-order chi connectivity index (χ0) is 41.0. The van der Waals surface area contributed by atoms with E-state index in [0.29, 0.717) is 0 Å². The smallest absolute Gasteiger partial charge is 0.0541 e. The lowest BCUT2D eigenvalue weighted by molar-refractivity contribution is 1.18. The van der Waals surface area contributed by atoms with Gasteiger partial charge in [0.25, 0.3) is 0 Å². The van der Waals surface area contributed by atoms with Crippen molar-refractivity contribution in [3.8, 4) is 72.4 Å². The molecular formula is C60H40N2. The Balaban J connectivity index is 0.925. The minimum absolute atomic E-state index is 1.10. The van der Waals surface area contributed by atoms with Crippen molar-refractivity contribution in [2.45, 2.75) is 0 Å². The summed E-state index contributed by atoms with van der Waals surface area (Å²) in [6.45, 7) is 0. The fraction of sp³-hybridized carbons (Fsp3) is 0. The molecule has 10 aromatic carbocycles. The molecule has 0 aliphatic heterocycles. The van der Waals surface area contributed by atoms with Gasteiger partial charge in [0.2, 0.25) is 0 Å². The fourth-order valence-electron chi connectivity index (χ4n) is 9.61. The van der Waals surface area contributed by atoms with E-state index < -0.39 is 0 Å². The quantitative estimate of drug-likeness (QED) is 0.149. The summed E-state index contributed by atoms with van der Waals surface area (Å²) < 4.78 is 2.38. The van der Waals surface area contributed by atoms with Crippen LogP contribution in [0.1, 0.15) is 0 Å². The van der Waals surface area contributed by atoms with Crippen molar-refractivity contribution in [2.24, 2.45) is 0 Å². The number of rotatable bonds is 8. The maximum atomic E-state index is 2.40. The van der Waals surface area contributed by atoms with E-state index >= 15 is 0 Å². The van der Waals surface area contributed by atoms with Gasteiger partial charge >= 0.3 is 0 Å². The van der Waals surface area contributed by atoms with E-state index in [-0.39, 0.29) is 0 Å². The van der Waals surface area contributed by atoms with Crippen LogP contribution in [-0.4, -0.2) is 4.57 Å². The molecule has 0 fully saturated rings. The first kappa shape index (κ1) is 35.7. The minimum atomic E-state index is 1.10. The molecule has 2 nitrogen and oxygen atoms in total. The van der Waals surface area contributed by atoms with Crippen LogP contribution in [0.4, 0.5) is 17.1 Å².